The first-order valence-corrected chi connectivity index (χ1v) is 10.0. The number of carbonyl (C=O) groups is 1. The average molecular weight is 433 g/mol. The summed E-state index contributed by atoms with van der Waals surface area (Å²) in [4.78, 5) is 13.2. The molecule has 0 bridgehead atoms. The molecule has 9 heteroatoms. The lowest BCUT2D eigenvalue weighted by molar-refractivity contribution is -0.137. The molecule has 0 aromatic heterocycles. The second-order valence-corrected chi connectivity index (χ2v) is 8.52. The minimum absolute atomic E-state index is 0.0438. The molecule has 0 radical (unpaired) electrons. The van der Waals surface area contributed by atoms with Crippen molar-refractivity contribution in [3.05, 3.63) is 62.6 Å². The van der Waals surface area contributed by atoms with Crippen LogP contribution in [0.5, 0.6) is 0 Å². The highest BCUT2D eigenvalue weighted by molar-refractivity contribution is 7.96. The number of rotatable bonds is 3. The molecule has 0 saturated carbocycles. The van der Waals surface area contributed by atoms with E-state index in [1.165, 1.54) is 29.3 Å². The molecule has 136 valence electrons. The van der Waals surface area contributed by atoms with E-state index in [1.54, 1.807) is 25.1 Å². The van der Waals surface area contributed by atoms with Crippen LogP contribution in [0.25, 0.3) is 0 Å². The summed E-state index contributed by atoms with van der Waals surface area (Å²) in [5, 5.41) is 1.05. The lowest BCUT2D eigenvalue weighted by atomic mass is 10.2. The van der Waals surface area contributed by atoms with Crippen molar-refractivity contribution in [3.8, 4) is 0 Å². The van der Waals surface area contributed by atoms with Gasteiger partial charge >= 0.3 is 5.97 Å². The number of benzene rings is 2. The Morgan fingerprint density at radius 2 is 1.69 bits per heavy atom. The van der Waals surface area contributed by atoms with Crippen LogP contribution < -0.4 is 4.90 Å². The molecule has 26 heavy (non-hydrogen) atoms. The van der Waals surface area contributed by atoms with Crippen molar-refractivity contribution in [1.82, 2.24) is 0 Å². The van der Waals surface area contributed by atoms with Crippen LogP contribution in [0.4, 0.5) is 11.4 Å². The molecule has 1 aliphatic heterocycles. The maximum absolute atomic E-state index is 12.9. The van der Waals surface area contributed by atoms with Gasteiger partial charge in [-0.05, 0) is 43.3 Å². The van der Waals surface area contributed by atoms with E-state index in [-0.39, 0.29) is 17.2 Å². The third-order valence-corrected chi connectivity index (χ3v) is 6.05. The average Bonchev–Trinajstić information content (AvgIpc) is 2.53. The van der Waals surface area contributed by atoms with Gasteiger partial charge in [-0.25, -0.2) is 13.2 Å². The molecule has 5 nitrogen and oxygen atoms in total. The molecule has 0 fully saturated rings. The van der Waals surface area contributed by atoms with Crippen LogP contribution in [0.15, 0.2) is 52.4 Å². The third-order valence-electron chi connectivity index (χ3n) is 3.61. The molecular weight excluding hydrogens is 421 g/mol. The van der Waals surface area contributed by atoms with Crippen molar-refractivity contribution in [2.24, 2.45) is 0 Å². The van der Waals surface area contributed by atoms with Gasteiger partial charge in [0.2, 0.25) is 9.84 Å². The first kappa shape index (κ1) is 19.0. The maximum atomic E-state index is 12.9. The number of esters is 1. The Morgan fingerprint density at radius 3 is 2.31 bits per heavy atom. The minimum atomic E-state index is -4.06. The van der Waals surface area contributed by atoms with E-state index in [0.717, 1.165) is 0 Å². The Bertz CT molecular complexity index is 1010. The van der Waals surface area contributed by atoms with Gasteiger partial charge in [-0.15, -0.1) is 0 Å². The zero-order valence-electron chi connectivity index (χ0n) is 13.4. The van der Waals surface area contributed by atoms with Crippen molar-refractivity contribution >= 4 is 62.0 Å². The normalized spacial score (nSPS) is 15.2. The van der Waals surface area contributed by atoms with Gasteiger partial charge in [-0.3, -0.25) is 0 Å². The molecule has 2 aromatic rings. The number of ether oxygens (including phenoxy) is 1. The second-order valence-electron chi connectivity index (χ2n) is 5.33. The Hall–Kier alpha value is -1.73. The Morgan fingerprint density at radius 1 is 1.04 bits per heavy atom. The Kier molecular flexibility index (Phi) is 5.21. The molecule has 0 aliphatic carbocycles. The van der Waals surface area contributed by atoms with Crippen molar-refractivity contribution < 1.29 is 17.9 Å². The number of hydrogen-bond donors (Lipinski definition) is 0. The fourth-order valence-electron chi connectivity index (χ4n) is 2.54. The standard InChI is InChI=1S/C17H12Cl3NO4S/c1-2-25-17(22)16-9-21(13-6-11(19)5-12(20)7-13)14-8-10(18)3-4-15(14)26(16,23)24/h3-9H,2H2,1H3. The Labute approximate surface area is 165 Å². The van der Waals surface area contributed by atoms with E-state index in [1.807, 2.05) is 0 Å². The number of halogens is 3. The smallest absolute Gasteiger partial charge is 0.351 e. The summed E-state index contributed by atoms with van der Waals surface area (Å²) in [6.45, 7) is 1.64. The fourth-order valence-corrected chi connectivity index (χ4v) is 4.66. The summed E-state index contributed by atoms with van der Waals surface area (Å²) < 4.78 is 30.6. The second kappa shape index (κ2) is 7.12. The molecule has 0 amide bonds. The summed E-state index contributed by atoms with van der Waals surface area (Å²) in [5.74, 6) is -0.939. The number of anilines is 2. The van der Waals surface area contributed by atoms with E-state index in [4.69, 9.17) is 39.5 Å². The van der Waals surface area contributed by atoms with Gasteiger partial charge < -0.3 is 9.64 Å². The molecule has 0 spiro atoms. The van der Waals surface area contributed by atoms with E-state index in [9.17, 15) is 13.2 Å². The molecule has 2 aromatic carbocycles. The van der Waals surface area contributed by atoms with Crippen molar-refractivity contribution in [2.45, 2.75) is 11.8 Å². The van der Waals surface area contributed by atoms with Crippen LogP contribution in [-0.4, -0.2) is 21.0 Å². The predicted octanol–water partition coefficient (Wildman–Crippen LogP) is 4.98. The van der Waals surface area contributed by atoms with Crippen molar-refractivity contribution in [3.63, 3.8) is 0 Å². The van der Waals surface area contributed by atoms with E-state index < -0.39 is 20.7 Å². The van der Waals surface area contributed by atoms with Crippen LogP contribution in [0.3, 0.4) is 0 Å². The molecule has 0 N–H and O–H groups in total. The van der Waals surface area contributed by atoms with Gasteiger partial charge in [0.25, 0.3) is 0 Å². The number of carbonyl (C=O) groups excluding carboxylic acids is 1. The minimum Gasteiger partial charge on any atom is -0.462 e. The highest BCUT2D eigenvalue weighted by Gasteiger charge is 2.37. The van der Waals surface area contributed by atoms with Gasteiger partial charge in [0.05, 0.1) is 17.2 Å². The summed E-state index contributed by atoms with van der Waals surface area (Å²) in [5.41, 5.74) is 0.756. The molecule has 1 heterocycles. The molecule has 0 saturated heterocycles. The van der Waals surface area contributed by atoms with Crippen LogP contribution >= 0.6 is 34.8 Å². The molecular formula is C17H12Cl3NO4S. The highest BCUT2D eigenvalue weighted by atomic mass is 35.5. The molecule has 0 unspecified atom stereocenters. The van der Waals surface area contributed by atoms with E-state index in [2.05, 4.69) is 0 Å². The summed E-state index contributed by atoms with van der Waals surface area (Å²) in [6, 6.07) is 9.00. The van der Waals surface area contributed by atoms with Crippen LogP contribution in [0, 0.1) is 0 Å². The first-order chi connectivity index (χ1) is 12.2. The topological polar surface area (TPSA) is 63.7 Å². The zero-order valence-corrected chi connectivity index (χ0v) is 16.5. The van der Waals surface area contributed by atoms with Crippen LogP contribution in [0.2, 0.25) is 15.1 Å². The Balaban J connectivity index is 2.29. The largest absolute Gasteiger partial charge is 0.462 e. The van der Waals surface area contributed by atoms with Gasteiger partial charge in [0, 0.05) is 27.0 Å². The lowest BCUT2D eigenvalue weighted by Crippen LogP contribution is -2.26. The van der Waals surface area contributed by atoms with E-state index >= 15 is 0 Å². The SMILES string of the molecule is CCOC(=O)C1=CN(c2cc(Cl)cc(Cl)c2)c2cc(Cl)ccc2S1(=O)=O. The maximum Gasteiger partial charge on any atom is 0.351 e. The number of sulfone groups is 1. The van der Waals surface area contributed by atoms with E-state index in [0.29, 0.717) is 20.8 Å². The zero-order chi connectivity index (χ0) is 19.1. The number of nitrogens with zero attached hydrogens (tertiary/aromatic N) is 1. The lowest BCUT2D eigenvalue weighted by Gasteiger charge is -2.29. The number of hydrogen-bond acceptors (Lipinski definition) is 5. The third kappa shape index (κ3) is 3.42. The first-order valence-electron chi connectivity index (χ1n) is 7.43. The van der Waals surface area contributed by atoms with Gasteiger partial charge in [-0.1, -0.05) is 34.8 Å². The summed E-state index contributed by atoms with van der Waals surface area (Å²) >= 11 is 18.2. The number of fused-ring (bicyclic) bond motifs is 1. The monoisotopic (exact) mass is 431 g/mol. The van der Waals surface area contributed by atoms with Gasteiger partial charge in [-0.2, -0.15) is 0 Å². The predicted molar refractivity (Wildman–Crippen MR) is 102 cm³/mol. The molecule has 1 aliphatic rings. The van der Waals surface area contributed by atoms with Crippen molar-refractivity contribution in [1.29, 1.82) is 0 Å². The summed E-state index contributed by atoms with van der Waals surface area (Å²) in [7, 11) is -4.06. The van der Waals surface area contributed by atoms with Gasteiger partial charge in [0.1, 0.15) is 0 Å². The summed E-state index contributed by atoms with van der Waals surface area (Å²) in [6.07, 6.45) is 1.19. The van der Waals surface area contributed by atoms with Gasteiger partial charge in [0.15, 0.2) is 4.91 Å². The van der Waals surface area contributed by atoms with Crippen LogP contribution in [0.1, 0.15) is 6.92 Å². The molecule has 0 atom stereocenters. The quantitative estimate of drug-likeness (QED) is 0.640. The fraction of sp³-hybridized carbons (Fsp3) is 0.118. The van der Waals surface area contributed by atoms with Crippen molar-refractivity contribution in [2.75, 3.05) is 11.5 Å². The molecule has 3 rings (SSSR count). The highest BCUT2D eigenvalue weighted by Crippen LogP contribution is 2.42. The van der Waals surface area contributed by atoms with Crippen LogP contribution in [-0.2, 0) is 19.4 Å².